The molecule has 4 aromatic heterocycles. The van der Waals surface area contributed by atoms with E-state index >= 15 is 0 Å². The molecule has 0 fully saturated rings. The second kappa shape index (κ2) is 10.4. The van der Waals surface area contributed by atoms with E-state index < -0.39 is 0 Å². The maximum atomic E-state index is 6.57. The van der Waals surface area contributed by atoms with Gasteiger partial charge in [0.05, 0.1) is 5.52 Å². The van der Waals surface area contributed by atoms with Gasteiger partial charge in [-0.25, -0.2) is 4.98 Å². The third-order valence-electron chi connectivity index (χ3n) is 8.64. The zero-order valence-electron chi connectivity index (χ0n) is 26.1. The molecule has 0 saturated heterocycles. The van der Waals surface area contributed by atoms with Crippen molar-refractivity contribution in [2.45, 2.75) is 52.4 Å². The van der Waals surface area contributed by atoms with E-state index in [1.807, 2.05) is 12.3 Å². The minimum atomic E-state index is -0.0969. The number of aromatic nitrogens is 4. The van der Waals surface area contributed by atoms with Crippen LogP contribution in [0.15, 0.2) is 85.3 Å². The first-order chi connectivity index (χ1) is 21.1. The van der Waals surface area contributed by atoms with Crippen LogP contribution in [0.25, 0.3) is 60.4 Å². The third-order valence-corrected chi connectivity index (χ3v) is 8.64. The van der Waals surface area contributed by atoms with Crippen molar-refractivity contribution in [2.24, 2.45) is 0 Å². The van der Waals surface area contributed by atoms with Gasteiger partial charge in [0.15, 0.2) is 0 Å². The molecular weight excluding hydrogens is 736 g/mol. The summed E-state index contributed by atoms with van der Waals surface area (Å²) in [5.41, 5.74) is 9.17. The Bertz CT molecular complexity index is 2390. The van der Waals surface area contributed by atoms with Gasteiger partial charge in [-0.15, -0.1) is 23.3 Å². The van der Waals surface area contributed by atoms with E-state index in [2.05, 4.69) is 130 Å². The maximum absolute atomic E-state index is 6.57. The normalized spacial score (nSPS) is 12.5. The van der Waals surface area contributed by atoms with E-state index in [0.29, 0.717) is 11.5 Å². The van der Waals surface area contributed by atoms with Crippen molar-refractivity contribution in [3.8, 4) is 22.8 Å². The quantitative estimate of drug-likeness (QED) is 0.102. The smallest absolute Gasteiger partial charge is 0.497 e. The van der Waals surface area contributed by atoms with Crippen molar-refractivity contribution < 1.29 is 25.8 Å². The number of benzene rings is 4. The number of hydrogen-bond acceptors (Lipinski definition) is 4. The molecule has 0 aliphatic heterocycles. The van der Waals surface area contributed by atoms with Crippen molar-refractivity contribution in [3.63, 3.8) is 0 Å². The number of pyridine rings is 2. The second-order valence-corrected chi connectivity index (χ2v) is 13.7. The molecule has 0 radical (unpaired) electrons. The summed E-state index contributed by atoms with van der Waals surface area (Å²) in [4.78, 5) is 14.1. The minimum Gasteiger partial charge on any atom is -0.497 e. The van der Waals surface area contributed by atoms with Crippen LogP contribution >= 0.6 is 0 Å². The van der Waals surface area contributed by atoms with Crippen molar-refractivity contribution in [1.82, 2.24) is 19.4 Å². The number of para-hydroxylation sites is 1. The number of rotatable bonds is 3. The van der Waals surface area contributed by atoms with E-state index in [1.165, 1.54) is 16.3 Å². The predicted octanol–water partition coefficient (Wildman–Crippen LogP) is 9.83. The molecule has 4 heterocycles. The fraction of sp³-hybridized carbons (Fsp3) is 0.205. The molecule has 0 aliphatic carbocycles. The minimum absolute atomic E-state index is 0. The van der Waals surface area contributed by atoms with Gasteiger partial charge >= 0.3 is 21.1 Å². The summed E-state index contributed by atoms with van der Waals surface area (Å²) in [6, 6.07) is 32.5. The molecule has 0 saturated carbocycles. The van der Waals surface area contributed by atoms with Crippen molar-refractivity contribution in [3.05, 3.63) is 109 Å². The molecule has 0 spiro atoms. The van der Waals surface area contributed by atoms with Crippen LogP contribution in [0.2, 0.25) is 0 Å². The van der Waals surface area contributed by atoms with Crippen molar-refractivity contribution in [2.75, 3.05) is 0 Å². The molecule has 0 aliphatic rings. The Kier molecular flexibility index (Phi) is 6.76. The van der Waals surface area contributed by atoms with Gasteiger partial charge in [-0.05, 0) is 45.8 Å². The summed E-state index contributed by atoms with van der Waals surface area (Å²) in [6.45, 7) is 13.3. The van der Waals surface area contributed by atoms with Crippen molar-refractivity contribution >= 4 is 49.1 Å². The topological polar surface area (TPSA) is 52.3 Å². The molecule has 8 rings (SSSR count). The fourth-order valence-corrected chi connectivity index (χ4v) is 6.27. The van der Waals surface area contributed by atoms with Crippen LogP contribution < -0.4 is 4.74 Å². The van der Waals surface area contributed by atoms with E-state index in [-0.39, 0.29) is 31.9 Å². The van der Waals surface area contributed by atoms with Gasteiger partial charge in [0.25, 0.3) is 0 Å². The first kappa shape index (κ1) is 29.4. The first-order valence-corrected chi connectivity index (χ1v) is 15.0. The predicted molar refractivity (Wildman–Crippen MR) is 179 cm³/mol. The summed E-state index contributed by atoms with van der Waals surface area (Å²) in [7, 11) is 0. The molecule has 0 atom stereocenters. The van der Waals surface area contributed by atoms with E-state index in [1.54, 1.807) is 6.33 Å². The van der Waals surface area contributed by atoms with Crippen LogP contribution in [-0.4, -0.2) is 19.4 Å². The van der Waals surface area contributed by atoms with E-state index in [9.17, 15) is 0 Å². The average molecular weight is 768 g/mol. The van der Waals surface area contributed by atoms with Gasteiger partial charge < -0.3 is 14.1 Å². The Hall–Kier alpha value is -4.34. The Morgan fingerprint density at radius 3 is 2.29 bits per heavy atom. The zero-order valence-corrected chi connectivity index (χ0v) is 28.4. The molecule has 0 unspecified atom stereocenters. The molecule has 0 amide bonds. The summed E-state index contributed by atoms with van der Waals surface area (Å²) in [6.07, 6.45) is 3.52. The van der Waals surface area contributed by atoms with E-state index in [0.717, 1.165) is 55.2 Å². The van der Waals surface area contributed by atoms with Crippen LogP contribution in [0, 0.1) is 12.1 Å². The molecule has 224 valence electrons. The maximum Gasteiger partial charge on any atom is 2.00 e. The molecule has 4 aromatic carbocycles. The van der Waals surface area contributed by atoms with Gasteiger partial charge in [0.2, 0.25) is 0 Å². The Morgan fingerprint density at radius 2 is 1.49 bits per heavy atom. The van der Waals surface area contributed by atoms with Gasteiger partial charge in [-0.3, -0.25) is 4.98 Å². The molecule has 0 N–H and O–H groups in total. The summed E-state index contributed by atoms with van der Waals surface area (Å²) in [5, 5.41) is 4.33. The van der Waals surface area contributed by atoms with Crippen LogP contribution in [0.1, 0.15) is 52.7 Å². The van der Waals surface area contributed by atoms with Gasteiger partial charge in [-0.1, -0.05) is 102 Å². The summed E-state index contributed by atoms with van der Waals surface area (Å²) in [5.74, 6) is 1.23. The number of fused-ring (bicyclic) bond motifs is 6. The van der Waals surface area contributed by atoms with Crippen LogP contribution in [0.5, 0.6) is 11.5 Å². The van der Waals surface area contributed by atoms with Crippen LogP contribution in [0.4, 0.5) is 0 Å². The Balaban J connectivity index is 0.00000325. The van der Waals surface area contributed by atoms with Gasteiger partial charge in [0, 0.05) is 50.4 Å². The standard InChI is InChI=1S/C39H32N4O.Pt/c1-38(2,3)24-15-16-40-32(20-24)23-17-25(39(4,5)6)19-27(18-23)44-26-11-14-34-30(21-26)36-35-31(41-22-42-36)13-12-29-28-9-7-8-10-33(28)43(34)37(29)35;/h7-17,19-20,22H,1-6H3;/q-2;+2. The first-order valence-electron chi connectivity index (χ1n) is 15.0. The average Bonchev–Trinajstić information content (AvgIpc) is 3.35. The number of hydrogen-bond donors (Lipinski definition) is 0. The summed E-state index contributed by atoms with van der Waals surface area (Å²) >= 11 is 0. The molecular formula is C39H32N4OPt. The molecule has 6 heteroatoms. The fourth-order valence-electron chi connectivity index (χ4n) is 6.27. The SMILES string of the molecule is CC(C)(C)c1cc(Oc2[c-]c3c4ncnc5ccc6c7ccccc7n(c3cc2)c6c54)[c-]c(-c2cc(C(C)(C)C)ccn2)c1.[Pt+2]. The largest absolute Gasteiger partial charge is 2.00 e. The Labute approximate surface area is 276 Å². The van der Waals surface area contributed by atoms with Crippen LogP contribution in [0.3, 0.4) is 0 Å². The second-order valence-electron chi connectivity index (χ2n) is 13.7. The van der Waals surface area contributed by atoms with E-state index in [4.69, 9.17) is 14.7 Å². The molecule has 5 nitrogen and oxygen atoms in total. The van der Waals surface area contributed by atoms with Crippen LogP contribution in [-0.2, 0) is 31.9 Å². The number of nitrogens with zero attached hydrogens (tertiary/aromatic N) is 4. The molecule has 45 heavy (non-hydrogen) atoms. The third kappa shape index (κ3) is 4.76. The van der Waals surface area contributed by atoms with Crippen molar-refractivity contribution in [1.29, 1.82) is 0 Å². The molecule has 0 bridgehead atoms. The zero-order chi connectivity index (χ0) is 30.4. The van der Waals surface area contributed by atoms with Gasteiger partial charge in [0.1, 0.15) is 6.33 Å². The molecule has 8 aromatic rings. The number of ether oxygens (including phenoxy) is 1. The summed E-state index contributed by atoms with van der Waals surface area (Å²) < 4.78 is 8.89. The Morgan fingerprint density at radius 1 is 0.689 bits per heavy atom. The van der Waals surface area contributed by atoms with Gasteiger partial charge in [-0.2, -0.15) is 0 Å². The monoisotopic (exact) mass is 767 g/mol.